The third-order valence-electron chi connectivity index (χ3n) is 0. The van der Waals surface area contributed by atoms with E-state index in [2.05, 4.69) is 0 Å². The Morgan fingerprint density at radius 2 is 0.444 bits per heavy atom. The van der Waals surface area contributed by atoms with Crippen molar-refractivity contribution in [1.29, 1.82) is 0 Å². The summed E-state index contributed by atoms with van der Waals surface area (Å²) in [5.74, 6) is 0. The Bertz CT molecular complexity index is 346. The van der Waals surface area contributed by atoms with E-state index in [1.54, 1.807) is 0 Å². The second kappa shape index (κ2) is 14.6. The average molecular weight is 397 g/mol. The van der Waals surface area contributed by atoms with Gasteiger partial charge in [-0.2, -0.15) is 0 Å². The maximum Gasteiger partial charge on any atom is 3.00 e. The maximum atomic E-state index is 8.52. The summed E-state index contributed by atoms with van der Waals surface area (Å²) in [7, 11) is -15.5. The van der Waals surface area contributed by atoms with Crippen molar-refractivity contribution < 1.29 is 69.6 Å². The van der Waals surface area contributed by atoms with Crippen LogP contribution in [0.5, 0.6) is 0 Å². The zero-order chi connectivity index (χ0) is 13.5. The van der Waals surface area contributed by atoms with Gasteiger partial charge in [0.25, 0.3) is 0 Å². The van der Waals surface area contributed by atoms with Gasteiger partial charge in [0.2, 0.25) is 0 Å². The Labute approximate surface area is 135 Å². The second-order valence-corrected chi connectivity index (χ2v) is 3.67. The van der Waals surface area contributed by atoms with E-state index >= 15 is 0 Å². The minimum atomic E-state index is -5.17. The largest absolute Gasteiger partial charge is 3.00 e. The number of hydrogen-bond acceptors (Lipinski definition) is 12. The molecule has 0 saturated heterocycles. The first-order chi connectivity index (χ1) is 6.00. The fraction of sp³-hybridized carbons (Fsp3) is 0. The first-order valence-electron chi connectivity index (χ1n) is 2.00. The second-order valence-electron chi connectivity index (χ2n) is 1.22. The summed E-state index contributed by atoms with van der Waals surface area (Å²) in [5, 5.41) is 0. The summed E-state index contributed by atoms with van der Waals surface area (Å²) < 4.78 is 102. The molecule has 0 aliphatic heterocycles. The number of hydrogen-bond donors (Lipinski definition) is 0. The molecule has 18 heavy (non-hydrogen) atoms. The Kier molecular flexibility index (Phi) is 29.6. The van der Waals surface area contributed by atoms with Gasteiger partial charge in [0.05, 0.1) is 0 Å². The van der Waals surface area contributed by atoms with Crippen LogP contribution in [0.25, 0.3) is 0 Å². The van der Waals surface area contributed by atoms with Gasteiger partial charge < -0.3 is 27.3 Å². The molecule has 0 aromatic rings. The molecule has 0 aromatic heterocycles. The van der Waals surface area contributed by atoms with Crippen molar-refractivity contribution in [1.82, 2.24) is 0 Å². The van der Waals surface area contributed by atoms with Crippen LogP contribution in [0.3, 0.4) is 0 Å². The molecule has 0 rings (SSSR count). The molecule has 0 amide bonds. The Morgan fingerprint density at radius 1 is 0.444 bits per heavy atom. The van der Waals surface area contributed by atoms with Crippen LogP contribution in [0.2, 0.25) is 0 Å². The molecular formula is Al2MnO12S3. The van der Waals surface area contributed by atoms with E-state index in [0.717, 1.165) is 0 Å². The molecule has 1 radical (unpaired) electrons. The first kappa shape index (κ1) is 36.5. The summed E-state index contributed by atoms with van der Waals surface area (Å²) in [6.07, 6.45) is 0. The van der Waals surface area contributed by atoms with E-state index < -0.39 is 31.2 Å². The van der Waals surface area contributed by atoms with E-state index in [0.29, 0.717) is 0 Å². The standard InChI is InChI=1S/2Al.Mn.3H2O4S/c;;;3*1-5(2,3)4/h;;;3*(H2,1,2,3,4)/q2*+3;;;;/p-6. The first-order valence-corrected chi connectivity index (χ1v) is 6.00. The van der Waals surface area contributed by atoms with Gasteiger partial charge in [-0.1, -0.05) is 0 Å². The van der Waals surface area contributed by atoms with Gasteiger partial charge in [0.15, 0.2) is 0 Å². The van der Waals surface area contributed by atoms with Gasteiger partial charge in [0.1, 0.15) is 0 Å². The van der Waals surface area contributed by atoms with Crippen LogP contribution in [-0.2, 0) is 48.3 Å². The summed E-state index contributed by atoms with van der Waals surface area (Å²) in [5.41, 5.74) is 0. The molecule has 0 unspecified atom stereocenters. The van der Waals surface area contributed by atoms with Crippen molar-refractivity contribution >= 4 is 65.9 Å². The van der Waals surface area contributed by atoms with Gasteiger partial charge in [-0.05, 0) is 0 Å². The molecule has 0 atom stereocenters. The van der Waals surface area contributed by atoms with Gasteiger partial charge in [0, 0.05) is 48.3 Å². The van der Waals surface area contributed by atoms with Crippen molar-refractivity contribution in [2.75, 3.05) is 0 Å². The van der Waals surface area contributed by atoms with Gasteiger partial charge in [-0.15, -0.1) is 0 Å². The van der Waals surface area contributed by atoms with E-state index in [4.69, 9.17) is 52.6 Å². The Morgan fingerprint density at radius 3 is 0.444 bits per heavy atom. The summed E-state index contributed by atoms with van der Waals surface area (Å²) >= 11 is 0. The minimum Gasteiger partial charge on any atom is -0.759 e. The molecule has 0 heterocycles. The van der Waals surface area contributed by atoms with Crippen LogP contribution in [0.1, 0.15) is 0 Å². The van der Waals surface area contributed by atoms with Gasteiger partial charge in [-0.3, -0.25) is 25.3 Å². The van der Waals surface area contributed by atoms with Crippen LogP contribution < -0.4 is 0 Å². The molecule has 0 spiro atoms. The fourth-order valence-electron chi connectivity index (χ4n) is 0. The van der Waals surface area contributed by atoms with Crippen LogP contribution in [0, 0.1) is 0 Å². The zero-order valence-electron chi connectivity index (χ0n) is 7.66. The molecule has 12 nitrogen and oxygen atoms in total. The molecule has 0 bridgehead atoms. The predicted octanol–water partition coefficient (Wildman–Crippen LogP) is -4.78. The molecular weight excluding hydrogens is 397 g/mol. The molecule has 0 saturated carbocycles. The molecule has 0 N–H and O–H groups in total. The normalized spacial score (nSPS) is 9.67. The predicted molar refractivity (Wildman–Crippen MR) is 42.9 cm³/mol. The molecule has 18 heteroatoms. The van der Waals surface area contributed by atoms with E-state index in [1.807, 2.05) is 0 Å². The van der Waals surface area contributed by atoms with Crippen molar-refractivity contribution in [2.45, 2.75) is 0 Å². The van der Waals surface area contributed by atoms with Crippen molar-refractivity contribution in [3.8, 4) is 0 Å². The average Bonchev–Trinajstić information content (AvgIpc) is 1.41. The summed E-state index contributed by atoms with van der Waals surface area (Å²) in [6.45, 7) is 0. The molecule has 0 aromatic carbocycles. The summed E-state index contributed by atoms with van der Waals surface area (Å²) in [6, 6.07) is 0. The maximum absolute atomic E-state index is 8.52. The van der Waals surface area contributed by atoms with Crippen molar-refractivity contribution in [2.24, 2.45) is 0 Å². The monoisotopic (exact) mass is 397 g/mol. The van der Waals surface area contributed by atoms with Crippen molar-refractivity contribution in [3.05, 3.63) is 0 Å². The van der Waals surface area contributed by atoms with Crippen LogP contribution >= 0.6 is 0 Å². The quantitative estimate of drug-likeness (QED) is 0.212. The Balaban J connectivity index is -0.0000000277. The van der Waals surface area contributed by atoms with Crippen LogP contribution in [0.4, 0.5) is 0 Å². The van der Waals surface area contributed by atoms with Crippen molar-refractivity contribution in [3.63, 3.8) is 0 Å². The summed E-state index contributed by atoms with van der Waals surface area (Å²) in [4.78, 5) is 0. The van der Waals surface area contributed by atoms with Gasteiger partial charge >= 0.3 is 34.7 Å². The molecule has 103 valence electrons. The number of rotatable bonds is 0. The van der Waals surface area contributed by atoms with Crippen LogP contribution in [-0.4, -0.2) is 87.3 Å². The molecule has 0 aliphatic carbocycles. The smallest absolute Gasteiger partial charge is 0.759 e. The van der Waals surface area contributed by atoms with Crippen LogP contribution in [0.15, 0.2) is 0 Å². The zero-order valence-corrected chi connectivity index (χ0v) is 13.6. The molecule has 0 aliphatic rings. The minimum absolute atomic E-state index is 0. The fourth-order valence-corrected chi connectivity index (χ4v) is 0. The Hall–Kier alpha value is 1.19. The van der Waals surface area contributed by atoms with Gasteiger partial charge in [-0.25, -0.2) is 0 Å². The van der Waals surface area contributed by atoms with E-state index in [1.165, 1.54) is 0 Å². The third-order valence-corrected chi connectivity index (χ3v) is 0. The molecule has 0 fully saturated rings. The van der Waals surface area contributed by atoms with E-state index in [9.17, 15) is 0 Å². The van der Waals surface area contributed by atoms with E-state index in [-0.39, 0.29) is 51.8 Å². The topological polar surface area (TPSA) is 241 Å². The third kappa shape index (κ3) is 3160. The SMILES string of the molecule is O=S(=O)([O-])[O-].O=S(=O)([O-])[O-].O=S(=O)([O-])[O-].[Al+3].[Al+3].[Mn].